The Balaban J connectivity index is 2.72. The minimum atomic E-state index is -0.684. The largest absolute Gasteiger partial charge is 0.497 e. The Morgan fingerprint density at radius 3 is 2.55 bits per heavy atom. The van der Waals surface area contributed by atoms with E-state index in [2.05, 4.69) is 5.10 Å². The van der Waals surface area contributed by atoms with Crippen molar-refractivity contribution >= 4 is 5.91 Å². The molecule has 0 fully saturated rings. The van der Waals surface area contributed by atoms with Crippen molar-refractivity contribution < 1.29 is 9.53 Å². The van der Waals surface area contributed by atoms with Crippen LogP contribution in [-0.2, 0) is 0 Å². The lowest BCUT2D eigenvalue weighted by atomic mass is 10.1. The summed E-state index contributed by atoms with van der Waals surface area (Å²) in [4.78, 5) is 24.1. The van der Waals surface area contributed by atoms with E-state index in [9.17, 15) is 9.59 Å². The fourth-order valence-electron chi connectivity index (χ4n) is 1.92. The highest BCUT2D eigenvalue weighted by molar-refractivity contribution is 5.93. The Morgan fingerprint density at radius 1 is 1.41 bits per heavy atom. The average Bonchev–Trinajstić information content (AvgIpc) is 2.55. The normalized spacial score (nSPS) is 9.91. The second kappa shape index (κ2) is 6.07. The van der Waals surface area contributed by atoms with Gasteiger partial charge in [0.25, 0.3) is 11.5 Å². The van der Waals surface area contributed by atoms with Crippen molar-refractivity contribution in [2.24, 2.45) is 5.84 Å². The number of hydrogen-bond acceptors (Lipinski definition) is 6. The Labute approximate surface area is 125 Å². The molecule has 1 heterocycles. The number of rotatable bonds is 3. The maximum absolute atomic E-state index is 12.3. The zero-order valence-corrected chi connectivity index (χ0v) is 12.0. The molecule has 22 heavy (non-hydrogen) atoms. The molecule has 0 atom stereocenters. The first-order chi connectivity index (χ1) is 10.5. The molecule has 0 unspecified atom stereocenters. The summed E-state index contributed by atoms with van der Waals surface area (Å²) in [6.07, 6.45) is 0. The van der Waals surface area contributed by atoms with Crippen molar-refractivity contribution in [3.63, 3.8) is 0 Å². The van der Waals surface area contributed by atoms with Gasteiger partial charge in [0.2, 0.25) is 0 Å². The van der Waals surface area contributed by atoms with E-state index in [-0.39, 0.29) is 16.8 Å². The predicted octanol–water partition coefficient (Wildman–Crippen LogP) is 0.0247. The molecule has 3 N–H and O–H groups in total. The van der Waals surface area contributed by atoms with Crippen molar-refractivity contribution in [3.8, 4) is 17.5 Å². The highest BCUT2D eigenvalue weighted by Crippen LogP contribution is 2.14. The number of hydrazine groups is 1. The van der Waals surface area contributed by atoms with Crippen LogP contribution < -0.4 is 21.6 Å². The average molecular weight is 299 g/mol. The molecule has 0 saturated carbocycles. The fraction of sp³-hybridized carbons (Fsp3) is 0.143. The Morgan fingerprint density at radius 2 is 2.05 bits per heavy atom. The molecule has 0 radical (unpaired) electrons. The zero-order valence-electron chi connectivity index (χ0n) is 12.0. The molecule has 1 aromatic carbocycles. The van der Waals surface area contributed by atoms with Gasteiger partial charge in [0.15, 0.2) is 5.69 Å². The number of benzene rings is 1. The Hall–Kier alpha value is -3.18. The van der Waals surface area contributed by atoms with Crippen LogP contribution in [-0.4, -0.2) is 22.8 Å². The van der Waals surface area contributed by atoms with Crippen molar-refractivity contribution in [1.82, 2.24) is 15.2 Å². The van der Waals surface area contributed by atoms with Gasteiger partial charge in [0.05, 0.1) is 12.8 Å². The highest BCUT2D eigenvalue weighted by atomic mass is 16.5. The van der Waals surface area contributed by atoms with Crippen molar-refractivity contribution in [2.75, 3.05) is 7.11 Å². The first kappa shape index (κ1) is 15.2. The SMILES string of the molecule is COc1ccc(-n2nc(C(=O)NN)c(C)c(C#N)c2=O)cc1. The summed E-state index contributed by atoms with van der Waals surface area (Å²) in [5.41, 5.74) is 1.66. The summed E-state index contributed by atoms with van der Waals surface area (Å²) in [7, 11) is 1.52. The number of ether oxygens (including phenoxy) is 1. The monoisotopic (exact) mass is 299 g/mol. The summed E-state index contributed by atoms with van der Waals surface area (Å²) in [5, 5.41) is 13.2. The Kier molecular flexibility index (Phi) is 4.20. The van der Waals surface area contributed by atoms with Crippen LogP contribution in [0.2, 0.25) is 0 Å². The first-order valence-corrected chi connectivity index (χ1v) is 6.23. The quantitative estimate of drug-likeness (QED) is 0.468. The van der Waals surface area contributed by atoms with Gasteiger partial charge in [-0.25, -0.2) is 5.84 Å². The van der Waals surface area contributed by atoms with E-state index >= 15 is 0 Å². The fourth-order valence-corrected chi connectivity index (χ4v) is 1.92. The Bertz CT molecular complexity index is 818. The summed E-state index contributed by atoms with van der Waals surface area (Å²) in [5.74, 6) is 5.02. The van der Waals surface area contributed by atoms with Gasteiger partial charge in [0.1, 0.15) is 17.4 Å². The number of nitrogens with zero attached hydrogens (tertiary/aromatic N) is 3. The van der Waals surface area contributed by atoms with Gasteiger partial charge in [-0.3, -0.25) is 15.0 Å². The number of aromatic nitrogens is 2. The van der Waals surface area contributed by atoms with E-state index in [1.54, 1.807) is 30.3 Å². The summed E-state index contributed by atoms with van der Waals surface area (Å²) in [6, 6.07) is 8.25. The highest BCUT2D eigenvalue weighted by Gasteiger charge is 2.19. The first-order valence-electron chi connectivity index (χ1n) is 6.23. The van der Waals surface area contributed by atoms with Gasteiger partial charge >= 0.3 is 0 Å². The molecule has 0 bridgehead atoms. The van der Waals surface area contributed by atoms with Gasteiger partial charge in [-0.05, 0) is 31.2 Å². The van der Waals surface area contributed by atoms with Gasteiger partial charge in [0, 0.05) is 5.56 Å². The number of nitrogens with one attached hydrogen (secondary N) is 1. The number of methoxy groups -OCH3 is 1. The molecular weight excluding hydrogens is 286 g/mol. The van der Waals surface area contributed by atoms with Crippen LogP contribution in [0.3, 0.4) is 0 Å². The third-order valence-corrected chi connectivity index (χ3v) is 3.11. The molecule has 0 aliphatic carbocycles. The second-order valence-electron chi connectivity index (χ2n) is 4.35. The molecule has 0 aliphatic rings. The third-order valence-electron chi connectivity index (χ3n) is 3.11. The molecule has 8 nitrogen and oxygen atoms in total. The molecule has 0 saturated heterocycles. The van der Waals surface area contributed by atoms with Crippen LogP contribution in [0.25, 0.3) is 5.69 Å². The van der Waals surface area contributed by atoms with E-state index < -0.39 is 11.5 Å². The molecule has 1 aromatic heterocycles. The van der Waals surface area contributed by atoms with Crippen molar-refractivity contribution in [1.29, 1.82) is 5.26 Å². The summed E-state index contributed by atoms with van der Waals surface area (Å²) < 4.78 is 6.02. The number of nitrogens with two attached hydrogens (primary N) is 1. The van der Waals surface area contributed by atoms with Crippen LogP contribution in [0.5, 0.6) is 5.75 Å². The molecule has 2 aromatic rings. The van der Waals surface area contributed by atoms with Crippen LogP contribution in [0.4, 0.5) is 0 Å². The van der Waals surface area contributed by atoms with E-state index in [1.807, 2.05) is 5.43 Å². The number of nitrogen functional groups attached to an aromatic ring is 1. The zero-order chi connectivity index (χ0) is 16.3. The van der Waals surface area contributed by atoms with Crippen LogP contribution in [0, 0.1) is 18.3 Å². The van der Waals surface area contributed by atoms with Crippen LogP contribution in [0.1, 0.15) is 21.6 Å². The van der Waals surface area contributed by atoms with Gasteiger partial charge < -0.3 is 4.74 Å². The van der Waals surface area contributed by atoms with Crippen molar-refractivity contribution in [3.05, 3.63) is 51.4 Å². The number of nitriles is 1. The number of carbonyl (C=O) groups excluding carboxylic acids is 1. The van der Waals surface area contributed by atoms with Crippen LogP contribution in [0.15, 0.2) is 29.1 Å². The third kappa shape index (κ3) is 2.53. The standard InChI is InChI=1S/C14H13N5O3/c1-8-11(7-15)14(21)19(18-12(8)13(20)17-16)9-3-5-10(22-2)6-4-9/h3-6H,16H2,1-2H3,(H,17,20). The molecule has 8 heteroatoms. The van der Waals surface area contributed by atoms with Crippen molar-refractivity contribution in [2.45, 2.75) is 6.92 Å². The summed E-state index contributed by atoms with van der Waals surface area (Å²) in [6.45, 7) is 1.47. The molecule has 0 aliphatic heterocycles. The number of carbonyl (C=O) groups is 1. The molecule has 1 amide bonds. The molecule has 112 valence electrons. The minimum Gasteiger partial charge on any atom is -0.497 e. The van der Waals surface area contributed by atoms with E-state index in [1.165, 1.54) is 14.0 Å². The lowest BCUT2D eigenvalue weighted by Gasteiger charge is -2.10. The number of hydrogen-bond donors (Lipinski definition) is 2. The van der Waals surface area contributed by atoms with E-state index in [0.29, 0.717) is 11.4 Å². The van der Waals surface area contributed by atoms with Gasteiger partial charge in [-0.2, -0.15) is 15.0 Å². The molecule has 2 rings (SSSR count). The predicted molar refractivity (Wildman–Crippen MR) is 77.5 cm³/mol. The lowest BCUT2D eigenvalue weighted by molar-refractivity contribution is 0.0946. The topological polar surface area (TPSA) is 123 Å². The number of amides is 1. The maximum Gasteiger partial charge on any atom is 0.289 e. The van der Waals surface area contributed by atoms with Gasteiger partial charge in [-0.15, -0.1) is 0 Å². The van der Waals surface area contributed by atoms with E-state index in [0.717, 1.165) is 4.68 Å². The minimum absolute atomic E-state index is 0.0885. The molecule has 0 spiro atoms. The van der Waals surface area contributed by atoms with Crippen LogP contribution >= 0.6 is 0 Å². The molecular formula is C14H13N5O3. The smallest absolute Gasteiger partial charge is 0.289 e. The maximum atomic E-state index is 12.3. The second-order valence-corrected chi connectivity index (χ2v) is 4.35. The lowest BCUT2D eigenvalue weighted by Crippen LogP contribution is -2.35. The van der Waals surface area contributed by atoms with Gasteiger partial charge in [-0.1, -0.05) is 0 Å². The summed E-state index contributed by atoms with van der Waals surface area (Å²) >= 11 is 0. The van der Waals surface area contributed by atoms with E-state index in [4.69, 9.17) is 15.8 Å².